The molecule has 2 heterocycles. The number of carbonyl (C=O) groups is 1. The molecule has 2 aromatic rings. The first kappa shape index (κ1) is 16.8. The van der Waals surface area contributed by atoms with Gasteiger partial charge in [-0.15, -0.1) is 0 Å². The van der Waals surface area contributed by atoms with Gasteiger partial charge in [0.25, 0.3) is 0 Å². The molecule has 1 aromatic heterocycles. The van der Waals surface area contributed by atoms with Gasteiger partial charge in [0.05, 0.1) is 21.3 Å². The van der Waals surface area contributed by atoms with Gasteiger partial charge in [-0.1, -0.05) is 0 Å². The maximum Gasteiger partial charge on any atom is 0.226 e. The Morgan fingerprint density at radius 2 is 1.80 bits per heavy atom. The third-order valence-electron chi connectivity index (χ3n) is 4.18. The Bertz CT molecular complexity index is 831. The van der Waals surface area contributed by atoms with Crippen LogP contribution in [-0.2, 0) is 4.79 Å². The summed E-state index contributed by atoms with van der Waals surface area (Å²) in [6.07, 6.45) is 1.45. The van der Waals surface area contributed by atoms with E-state index < -0.39 is 6.04 Å². The first-order valence-corrected chi connectivity index (χ1v) is 7.70. The van der Waals surface area contributed by atoms with Crippen LogP contribution < -0.4 is 19.5 Å². The third-order valence-corrected chi connectivity index (χ3v) is 4.18. The Morgan fingerprint density at radius 3 is 2.32 bits per heavy atom. The van der Waals surface area contributed by atoms with E-state index in [9.17, 15) is 4.79 Å². The molecule has 1 aliphatic rings. The van der Waals surface area contributed by atoms with Gasteiger partial charge >= 0.3 is 0 Å². The van der Waals surface area contributed by atoms with Crippen molar-refractivity contribution >= 4 is 11.7 Å². The van der Waals surface area contributed by atoms with E-state index in [-0.39, 0.29) is 5.78 Å². The number of aromatic nitrogens is 3. The molecule has 8 heteroatoms. The lowest BCUT2D eigenvalue weighted by Crippen LogP contribution is -2.27. The smallest absolute Gasteiger partial charge is 0.226 e. The summed E-state index contributed by atoms with van der Waals surface area (Å²) in [5, 5.41) is 7.39. The highest BCUT2D eigenvalue weighted by atomic mass is 16.5. The number of hydrogen-bond acceptors (Lipinski definition) is 7. The van der Waals surface area contributed by atoms with Gasteiger partial charge in [-0.25, -0.2) is 4.68 Å². The van der Waals surface area contributed by atoms with Gasteiger partial charge in [-0.3, -0.25) is 4.79 Å². The van der Waals surface area contributed by atoms with E-state index in [1.54, 1.807) is 26.0 Å². The van der Waals surface area contributed by atoms with Crippen molar-refractivity contribution in [1.29, 1.82) is 0 Å². The van der Waals surface area contributed by atoms with E-state index in [0.29, 0.717) is 28.8 Å². The molecule has 0 saturated heterocycles. The molecule has 0 aliphatic carbocycles. The van der Waals surface area contributed by atoms with E-state index in [1.807, 2.05) is 19.1 Å². The predicted octanol–water partition coefficient (Wildman–Crippen LogP) is 2.18. The summed E-state index contributed by atoms with van der Waals surface area (Å²) in [5.41, 5.74) is 2.13. The minimum absolute atomic E-state index is 0.0510. The summed E-state index contributed by atoms with van der Waals surface area (Å²) in [4.78, 5) is 16.5. The van der Waals surface area contributed by atoms with Crippen LogP contribution in [0.25, 0.3) is 0 Å². The fourth-order valence-electron chi connectivity index (χ4n) is 3.11. The monoisotopic (exact) mass is 344 g/mol. The largest absolute Gasteiger partial charge is 0.493 e. The van der Waals surface area contributed by atoms with E-state index in [4.69, 9.17) is 14.2 Å². The van der Waals surface area contributed by atoms with E-state index >= 15 is 0 Å². The number of ether oxygens (including phenoxy) is 3. The van der Waals surface area contributed by atoms with Gasteiger partial charge in [0.1, 0.15) is 12.4 Å². The highest BCUT2D eigenvalue weighted by molar-refractivity contribution is 5.96. The van der Waals surface area contributed by atoms with Crippen molar-refractivity contribution in [3.05, 3.63) is 35.3 Å². The maximum atomic E-state index is 12.3. The Kier molecular flexibility index (Phi) is 4.35. The number of hydrogen-bond donors (Lipinski definition) is 1. The molecule has 1 N–H and O–H groups in total. The molecule has 3 rings (SSSR count). The summed E-state index contributed by atoms with van der Waals surface area (Å²) in [6.45, 7) is 3.38. The molecule has 1 aliphatic heterocycles. The second-order valence-corrected chi connectivity index (χ2v) is 5.61. The molecule has 1 aromatic carbocycles. The molecule has 0 radical (unpaired) electrons. The van der Waals surface area contributed by atoms with E-state index in [1.165, 1.54) is 13.3 Å². The highest BCUT2D eigenvalue weighted by Gasteiger charge is 2.33. The summed E-state index contributed by atoms with van der Waals surface area (Å²) in [6, 6.07) is 3.20. The van der Waals surface area contributed by atoms with Crippen molar-refractivity contribution in [2.75, 3.05) is 26.6 Å². The number of carbonyl (C=O) groups excluding carboxylic acids is 1. The zero-order valence-corrected chi connectivity index (χ0v) is 14.8. The molecule has 0 saturated carbocycles. The number of rotatable bonds is 5. The molecule has 132 valence electrons. The molecule has 0 unspecified atom stereocenters. The zero-order valence-electron chi connectivity index (χ0n) is 14.8. The fourth-order valence-corrected chi connectivity index (χ4v) is 3.11. The number of methoxy groups -OCH3 is 3. The number of benzene rings is 1. The van der Waals surface area contributed by atoms with Crippen LogP contribution in [-0.4, -0.2) is 41.9 Å². The highest BCUT2D eigenvalue weighted by Crippen LogP contribution is 2.43. The van der Waals surface area contributed by atoms with Crippen molar-refractivity contribution in [3.8, 4) is 17.2 Å². The van der Waals surface area contributed by atoms with Crippen LogP contribution in [0.15, 0.2) is 29.7 Å². The minimum atomic E-state index is -0.440. The van der Waals surface area contributed by atoms with Crippen molar-refractivity contribution in [2.24, 2.45) is 0 Å². The van der Waals surface area contributed by atoms with Gasteiger partial charge in [-0.2, -0.15) is 10.1 Å². The quantitative estimate of drug-likeness (QED) is 0.889. The zero-order chi connectivity index (χ0) is 18.1. The molecule has 0 amide bonds. The van der Waals surface area contributed by atoms with Gasteiger partial charge in [-0.05, 0) is 31.5 Å². The maximum absolute atomic E-state index is 12.3. The number of fused-ring (bicyclic) bond motifs is 1. The van der Waals surface area contributed by atoms with Crippen molar-refractivity contribution < 1.29 is 19.0 Å². The molecule has 0 spiro atoms. The Morgan fingerprint density at radius 1 is 1.16 bits per heavy atom. The lowest BCUT2D eigenvalue weighted by atomic mass is 9.92. The average molecular weight is 344 g/mol. The van der Waals surface area contributed by atoms with Crippen molar-refractivity contribution in [1.82, 2.24) is 14.8 Å². The van der Waals surface area contributed by atoms with Crippen LogP contribution in [0.5, 0.6) is 17.2 Å². The minimum Gasteiger partial charge on any atom is -0.493 e. The number of nitrogens with zero attached hydrogens (tertiary/aromatic N) is 3. The summed E-state index contributed by atoms with van der Waals surface area (Å²) >= 11 is 0. The lowest BCUT2D eigenvalue weighted by Gasteiger charge is -2.28. The molecular weight excluding hydrogens is 324 g/mol. The average Bonchev–Trinajstić information content (AvgIpc) is 3.06. The molecule has 25 heavy (non-hydrogen) atoms. The van der Waals surface area contributed by atoms with E-state index in [2.05, 4.69) is 15.4 Å². The Hall–Kier alpha value is -3.03. The number of ketones is 1. The molecular formula is C17H20N4O4. The summed E-state index contributed by atoms with van der Waals surface area (Å²) < 4.78 is 17.9. The molecule has 0 bridgehead atoms. The number of allylic oxidation sites excluding steroid dienone is 2. The Labute approximate surface area is 145 Å². The van der Waals surface area contributed by atoms with Gasteiger partial charge in [0.2, 0.25) is 11.7 Å². The molecule has 0 fully saturated rings. The summed E-state index contributed by atoms with van der Waals surface area (Å²) in [5.74, 6) is 2.04. The molecule has 8 nitrogen and oxygen atoms in total. The number of Topliss-reactive ketones (excluding diaryl/α,β-unsaturated/α-hetero) is 1. The van der Waals surface area contributed by atoms with Crippen LogP contribution in [0.1, 0.15) is 25.5 Å². The fraction of sp³-hybridized carbons (Fsp3) is 0.353. The van der Waals surface area contributed by atoms with Crippen LogP contribution in [0.4, 0.5) is 5.95 Å². The Balaban J connectivity index is 2.25. The second-order valence-electron chi connectivity index (χ2n) is 5.61. The third kappa shape index (κ3) is 2.69. The molecule has 1 atom stereocenters. The topological polar surface area (TPSA) is 87.5 Å². The standard InChI is InChI=1S/C17H20N4O4/c1-9-14(10(2)22)15(21-17(20-9)18-8-19-21)11-6-12(23-3)16(25-5)13(7-11)24-4/h6-8,15H,1-5H3,(H,18,19,20)/t15-/m0/s1. The van der Waals surface area contributed by atoms with Gasteiger partial charge in [0.15, 0.2) is 17.3 Å². The van der Waals surface area contributed by atoms with Crippen LogP contribution >= 0.6 is 0 Å². The summed E-state index contributed by atoms with van der Waals surface area (Å²) in [7, 11) is 4.65. The lowest BCUT2D eigenvalue weighted by molar-refractivity contribution is -0.114. The first-order chi connectivity index (χ1) is 12.0. The number of anilines is 1. The van der Waals surface area contributed by atoms with Crippen LogP contribution in [0.3, 0.4) is 0 Å². The second kappa shape index (κ2) is 6.46. The van der Waals surface area contributed by atoms with Crippen LogP contribution in [0, 0.1) is 0 Å². The first-order valence-electron chi connectivity index (χ1n) is 7.70. The van der Waals surface area contributed by atoms with Crippen molar-refractivity contribution in [2.45, 2.75) is 19.9 Å². The van der Waals surface area contributed by atoms with Crippen LogP contribution in [0.2, 0.25) is 0 Å². The predicted molar refractivity (Wildman–Crippen MR) is 91.3 cm³/mol. The van der Waals surface area contributed by atoms with E-state index in [0.717, 1.165) is 11.3 Å². The van der Waals surface area contributed by atoms with Gasteiger partial charge < -0.3 is 19.5 Å². The normalized spacial score (nSPS) is 16.1. The van der Waals surface area contributed by atoms with Gasteiger partial charge in [0, 0.05) is 11.3 Å². The number of nitrogens with one attached hydrogen (secondary N) is 1. The van der Waals surface area contributed by atoms with Crippen molar-refractivity contribution in [3.63, 3.8) is 0 Å². The SMILES string of the molecule is COc1cc([C@H]2C(C(C)=O)=C(C)Nc3ncnn32)cc(OC)c1OC.